The summed E-state index contributed by atoms with van der Waals surface area (Å²) in [5.41, 5.74) is 2.84. The minimum Gasteiger partial charge on any atom is -0.314 e. The second kappa shape index (κ2) is 5.64. The monoisotopic (exact) mass is 258 g/mol. The number of nitrogens with zero attached hydrogens (tertiary/aromatic N) is 1. The lowest BCUT2D eigenvalue weighted by Gasteiger charge is -2.39. The number of fused-ring (bicyclic) bond motifs is 2. The van der Waals surface area contributed by atoms with Crippen LogP contribution in [0.25, 0.3) is 0 Å². The van der Waals surface area contributed by atoms with Gasteiger partial charge in [-0.15, -0.1) is 0 Å². The first kappa shape index (κ1) is 13.1. The Kier molecular flexibility index (Phi) is 3.90. The molecule has 2 atom stereocenters. The number of piperidine rings is 1. The number of hydrogen-bond donors (Lipinski definition) is 1. The van der Waals surface area contributed by atoms with Gasteiger partial charge in [0.1, 0.15) is 0 Å². The molecule has 2 heterocycles. The average molecular weight is 258 g/mol. The van der Waals surface area contributed by atoms with E-state index in [2.05, 4.69) is 48.3 Å². The van der Waals surface area contributed by atoms with E-state index in [1.54, 1.807) is 0 Å². The predicted molar refractivity (Wildman–Crippen MR) is 80.2 cm³/mol. The number of benzene rings is 1. The molecule has 2 nitrogen and oxygen atoms in total. The number of nitrogens with one attached hydrogen (secondary N) is 1. The Morgan fingerprint density at radius 2 is 1.74 bits per heavy atom. The largest absolute Gasteiger partial charge is 0.314 e. The van der Waals surface area contributed by atoms with E-state index in [0.717, 1.165) is 31.2 Å². The lowest BCUT2D eigenvalue weighted by Crippen LogP contribution is -2.48. The molecule has 0 aromatic heterocycles. The highest BCUT2D eigenvalue weighted by Crippen LogP contribution is 2.36. The van der Waals surface area contributed by atoms with E-state index in [1.807, 2.05) is 0 Å². The van der Waals surface area contributed by atoms with Crippen molar-refractivity contribution in [1.29, 1.82) is 0 Å². The highest BCUT2D eigenvalue weighted by atomic mass is 15.2. The number of aryl methyl sites for hydroxylation is 1. The van der Waals surface area contributed by atoms with Gasteiger partial charge in [0.2, 0.25) is 0 Å². The van der Waals surface area contributed by atoms with Gasteiger partial charge in [0, 0.05) is 24.7 Å². The van der Waals surface area contributed by atoms with Crippen molar-refractivity contribution in [2.75, 3.05) is 6.54 Å². The normalized spacial score (nSPS) is 30.7. The zero-order chi connectivity index (χ0) is 13.2. The van der Waals surface area contributed by atoms with E-state index in [-0.39, 0.29) is 0 Å². The third-order valence-corrected chi connectivity index (χ3v) is 4.86. The Morgan fingerprint density at radius 3 is 2.32 bits per heavy atom. The van der Waals surface area contributed by atoms with Gasteiger partial charge in [-0.3, -0.25) is 4.90 Å². The lowest BCUT2D eigenvalue weighted by molar-refractivity contribution is 0.110. The van der Waals surface area contributed by atoms with Gasteiger partial charge in [-0.1, -0.05) is 36.8 Å². The van der Waals surface area contributed by atoms with Crippen molar-refractivity contribution >= 4 is 0 Å². The second-order valence-electron chi connectivity index (χ2n) is 6.27. The van der Waals surface area contributed by atoms with Gasteiger partial charge in [0.15, 0.2) is 0 Å². The summed E-state index contributed by atoms with van der Waals surface area (Å²) < 4.78 is 0. The number of hydrogen-bond acceptors (Lipinski definition) is 2. The van der Waals surface area contributed by atoms with Crippen LogP contribution in [0.3, 0.4) is 0 Å². The van der Waals surface area contributed by atoms with E-state index in [4.69, 9.17) is 0 Å². The zero-order valence-electron chi connectivity index (χ0n) is 12.2. The van der Waals surface area contributed by atoms with Crippen LogP contribution in [0.2, 0.25) is 0 Å². The minimum atomic E-state index is 0.761. The fraction of sp³-hybridized carbons (Fsp3) is 0.647. The van der Waals surface area contributed by atoms with Gasteiger partial charge in [-0.2, -0.15) is 0 Å². The molecule has 1 N–H and O–H groups in total. The van der Waals surface area contributed by atoms with Crippen LogP contribution in [-0.2, 0) is 6.54 Å². The third kappa shape index (κ3) is 2.85. The molecule has 2 aliphatic rings. The number of rotatable bonds is 4. The van der Waals surface area contributed by atoms with Crippen LogP contribution in [0.5, 0.6) is 0 Å². The van der Waals surface area contributed by atoms with Crippen molar-refractivity contribution in [3.05, 3.63) is 35.4 Å². The van der Waals surface area contributed by atoms with Gasteiger partial charge in [0.25, 0.3) is 0 Å². The van der Waals surface area contributed by atoms with Crippen LogP contribution >= 0.6 is 0 Å². The molecular formula is C17H26N2. The van der Waals surface area contributed by atoms with Crippen molar-refractivity contribution in [3.63, 3.8) is 0 Å². The highest BCUT2D eigenvalue weighted by Gasteiger charge is 2.40. The van der Waals surface area contributed by atoms with Crippen LogP contribution in [-0.4, -0.2) is 29.6 Å². The molecular weight excluding hydrogens is 232 g/mol. The molecule has 104 valence electrons. The first-order valence-electron chi connectivity index (χ1n) is 7.81. The fourth-order valence-electron chi connectivity index (χ4n) is 3.89. The summed E-state index contributed by atoms with van der Waals surface area (Å²) in [5, 5.41) is 3.65. The van der Waals surface area contributed by atoms with Gasteiger partial charge in [0.05, 0.1) is 0 Å². The topological polar surface area (TPSA) is 15.3 Å². The van der Waals surface area contributed by atoms with Gasteiger partial charge in [-0.05, 0) is 44.7 Å². The Morgan fingerprint density at radius 1 is 1.11 bits per heavy atom. The van der Waals surface area contributed by atoms with Crippen LogP contribution in [0.4, 0.5) is 0 Å². The Bertz CT molecular complexity index is 398. The molecule has 0 radical (unpaired) electrons. The van der Waals surface area contributed by atoms with Crippen molar-refractivity contribution in [2.24, 2.45) is 0 Å². The maximum atomic E-state index is 3.65. The maximum absolute atomic E-state index is 3.65. The van der Waals surface area contributed by atoms with Crippen molar-refractivity contribution < 1.29 is 0 Å². The Hall–Kier alpha value is -0.860. The minimum absolute atomic E-state index is 0.761. The molecule has 2 saturated heterocycles. The molecule has 2 aliphatic heterocycles. The van der Waals surface area contributed by atoms with Crippen LogP contribution in [0.15, 0.2) is 24.3 Å². The molecule has 0 spiro atoms. The van der Waals surface area contributed by atoms with Crippen molar-refractivity contribution in [1.82, 2.24) is 10.2 Å². The van der Waals surface area contributed by atoms with Crippen LogP contribution in [0.1, 0.15) is 43.7 Å². The summed E-state index contributed by atoms with van der Waals surface area (Å²) in [4.78, 5) is 2.76. The van der Waals surface area contributed by atoms with E-state index >= 15 is 0 Å². The van der Waals surface area contributed by atoms with Crippen LogP contribution < -0.4 is 5.32 Å². The molecule has 19 heavy (non-hydrogen) atoms. The first-order chi connectivity index (χ1) is 9.26. The van der Waals surface area contributed by atoms with E-state index in [9.17, 15) is 0 Å². The van der Waals surface area contributed by atoms with Gasteiger partial charge in [-0.25, -0.2) is 0 Å². The maximum Gasteiger partial charge on any atom is 0.0239 e. The summed E-state index contributed by atoms with van der Waals surface area (Å²) in [6, 6.07) is 11.5. The zero-order valence-corrected chi connectivity index (χ0v) is 12.2. The van der Waals surface area contributed by atoms with Crippen LogP contribution in [0, 0.1) is 6.92 Å². The van der Waals surface area contributed by atoms with Crippen molar-refractivity contribution in [3.8, 4) is 0 Å². The standard InChI is InChI=1S/C17H26N2/c1-3-18-15-10-16-8-9-17(11-15)19(16)12-14-6-4-13(2)5-7-14/h4-7,15-18H,3,8-12H2,1-2H3. The molecule has 0 aliphatic carbocycles. The SMILES string of the molecule is CCNC1CC2CCC(C1)N2Cc1ccc(C)cc1. The van der Waals surface area contributed by atoms with E-state index < -0.39 is 0 Å². The van der Waals surface area contributed by atoms with Crippen molar-refractivity contribution in [2.45, 2.75) is 64.2 Å². The summed E-state index contributed by atoms with van der Waals surface area (Å²) in [6.45, 7) is 6.65. The molecule has 3 rings (SSSR count). The molecule has 0 saturated carbocycles. The Balaban J connectivity index is 1.65. The highest BCUT2D eigenvalue weighted by molar-refractivity contribution is 5.21. The smallest absolute Gasteiger partial charge is 0.0239 e. The molecule has 1 aromatic carbocycles. The summed E-state index contributed by atoms with van der Waals surface area (Å²) >= 11 is 0. The average Bonchev–Trinajstić information content (AvgIpc) is 2.64. The quantitative estimate of drug-likeness (QED) is 0.893. The molecule has 1 aromatic rings. The fourth-order valence-corrected chi connectivity index (χ4v) is 3.89. The second-order valence-corrected chi connectivity index (χ2v) is 6.27. The molecule has 2 unspecified atom stereocenters. The third-order valence-electron chi connectivity index (χ3n) is 4.86. The molecule has 0 amide bonds. The Labute approximate surface area is 117 Å². The lowest BCUT2D eigenvalue weighted by atomic mass is 9.96. The van der Waals surface area contributed by atoms with E-state index in [0.29, 0.717) is 0 Å². The summed E-state index contributed by atoms with van der Waals surface area (Å²) in [5.74, 6) is 0. The van der Waals surface area contributed by atoms with Gasteiger partial charge >= 0.3 is 0 Å². The summed E-state index contributed by atoms with van der Waals surface area (Å²) in [6.07, 6.45) is 5.49. The molecule has 2 heteroatoms. The summed E-state index contributed by atoms with van der Waals surface area (Å²) in [7, 11) is 0. The molecule has 2 fully saturated rings. The first-order valence-corrected chi connectivity index (χ1v) is 7.81. The predicted octanol–water partition coefficient (Wildman–Crippen LogP) is 3.10. The van der Waals surface area contributed by atoms with E-state index in [1.165, 1.54) is 36.8 Å². The molecule has 2 bridgehead atoms. The van der Waals surface area contributed by atoms with Gasteiger partial charge < -0.3 is 5.32 Å².